The summed E-state index contributed by atoms with van der Waals surface area (Å²) in [7, 11) is -11.8. The van der Waals surface area contributed by atoms with Crippen molar-refractivity contribution in [3.8, 4) is 0 Å². The van der Waals surface area contributed by atoms with E-state index in [2.05, 4.69) is 3.63 Å². The van der Waals surface area contributed by atoms with Gasteiger partial charge in [0, 0.05) is 0 Å². The van der Waals surface area contributed by atoms with Crippen molar-refractivity contribution in [1.29, 1.82) is 0 Å². The van der Waals surface area contributed by atoms with Gasteiger partial charge in [0.2, 0.25) is 0 Å². The largest absolute Gasteiger partial charge is 0.284 e. The molecule has 11 heteroatoms. The summed E-state index contributed by atoms with van der Waals surface area (Å²) < 4.78 is 76.0. The van der Waals surface area contributed by atoms with Crippen LogP contribution in [0.4, 0.5) is 0 Å². The maximum absolute atomic E-state index is 11.5. The van der Waals surface area contributed by atoms with Crippen LogP contribution < -0.4 is 0 Å². The van der Waals surface area contributed by atoms with E-state index < -0.39 is 47.5 Å². The molecule has 0 aliphatic carbocycles. The van der Waals surface area contributed by atoms with E-state index in [9.17, 15) is 25.3 Å². The van der Waals surface area contributed by atoms with E-state index in [1.165, 1.54) is 0 Å². The van der Waals surface area contributed by atoms with Crippen molar-refractivity contribution in [1.82, 2.24) is 0 Å². The first-order valence-electron chi connectivity index (χ1n) is 5.18. The minimum absolute atomic E-state index is 0.0723. The van der Waals surface area contributed by atoms with Gasteiger partial charge in [-0.1, -0.05) is 0 Å². The molecule has 0 bridgehead atoms. The van der Waals surface area contributed by atoms with Crippen LogP contribution in [-0.4, -0.2) is 48.1 Å². The Bertz CT molecular complexity index is 628. The summed E-state index contributed by atoms with van der Waals surface area (Å²) >= 11 is 0. The van der Waals surface area contributed by atoms with Gasteiger partial charge in [-0.15, -0.1) is 3.63 Å². The monoisotopic (exact) mass is 320 g/mol. The summed E-state index contributed by atoms with van der Waals surface area (Å²) in [4.78, 5) is 0. The van der Waals surface area contributed by atoms with E-state index in [0.29, 0.717) is 0 Å². The fraction of sp³-hybridized carbons (Fsp3) is 1.00. The first kappa shape index (κ1) is 14.2. The highest BCUT2D eigenvalue weighted by Crippen LogP contribution is 2.28. The molecule has 0 aromatic heterocycles. The van der Waals surface area contributed by atoms with Crippen LogP contribution in [-0.2, 0) is 38.2 Å². The highest BCUT2D eigenvalue weighted by atomic mass is 32.3. The zero-order chi connectivity index (χ0) is 13.6. The zero-order valence-corrected chi connectivity index (χ0v) is 11.6. The Morgan fingerprint density at radius 3 is 2.00 bits per heavy atom. The average molecular weight is 320 g/mol. The molecule has 18 heavy (non-hydrogen) atoms. The van der Waals surface area contributed by atoms with Gasteiger partial charge in [0.1, 0.15) is 0 Å². The van der Waals surface area contributed by atoms with Crippen molar-refractivity contribution >= 4 is 30.4 Å². The van der Waals surface area contributed by atoms with Crippen molar-refractivity contribution < 1.29 is 33.1 Å². The molecule has 2 aliphatic rings. The molecule has 0 N–H and O–H groups in total. The van der Waals surface area contributed by atoms with Gasteiger partial charge >= 0.3 is 0 Å². The van der Waals surface area contributed by atoms with Gasteiger partial charge in [-0.3, -0.25) is 4.18 Å². The second-order valence-corrected chi connectivity index (χ2v) is 9.67. The Morgan fingerprint density at radius 2 is 1.50 bits per heavy atom. The second-order valence-electron chi connectivity index (χ2n) is 4.24. The van der Waals surface area contributed by atoms with Gasteiger partial charge in [-0.2, -0.15) is 25.3 Å². The first-order valence-corrected chi connectivity index (χ1v) is 9.81. The molecule has 2 rings (SSSR count). The van der Waals surface area contributed by atoms with Gasteiger partial charge in [0.25, 0.3) is 30.4 Å². The number of rotatable bonds is 2. The van der Waals surface area contributed by atoms with E-state index >= 15 is 0 Å². The standard InChI is InChI=1S/C7H12O8S3/c8-16(9)3-1-6(14-16)5-7-2-4-17(10,11)15-18(7,12)13/h6-7H,1-5H2. The quantitative estimate of drug-likeness (QED) is 0.590. The Balaban J connectivity index is 2.08. The summed E-state index contributed by atoms with van der Waals surface area (Å²) in [6.45, 7) is 0. The van der Waals surface area contributed by atoms with Crippen LogP contribution >= 0.6 is 0 Å². The van der Waals surface area contributed by atoms with Crippen LogP contribution in [0.5, 0.6) is 0 Å². The Hall–Kier alpha value is -0.230. The molecule has 2 saturated heterocycles. The van der Waals surface area contributed by atoms with Crippen LogP contribution in [0.25, 0.3) is 0 Å². The molecule has 0 amide bonds. The Labute approximate surface area is 106 Å². The van der Waals surface area contributed by atoms with E-state index in [0.717, 1.165) is 0 Å². The molecule has 0 saturated carbocycles. The molecule has 0 aromatic rings. The minimum atomic E-state index is -4.22. The smallest absolute Gasteiger partial charge is 0.267 e. The lowest BCUT2D eigenvalue weighted by Crippen LogP contribution is -2.37. The van der Waals surface area contributed by atoms with E-state index in [-0.39, 0.29) is 25.0 Å². The lowest BCUT2D eigenvalue weighted by molar-refractivity contribution is 0.219. The number of hydrogen-bond donors (Lipinski definition) is 0. The van der Waals surface area contributed by atoms with Crippen molar-refractivity contribution in [2.45, 2.75) is 30.6 Å². The fourth-order valence-electron chi connectivity index (χ4n) is 1.92. The summed E-state index contributed by atoms with van der Waals surface area (Å²) in [5.41, 5.74) is 0. The molecule has 0 spiro atoms. The number of hydrogen-bond acceptors (Lipinski definition) is 8. The van der Waals surface area contributed by atoms with E-state index in [4.69, 9.17) is 4.18 Å². The summed E-state index contributed by atoms with van der Waals surface area (Å²) in [5.74, 6) is -0.542. The molecule has 106 valence electrons. The van der Waals surface area contributed by atoms with Crippen molar-refractivity contribution in [3.63, 3.8) is 0 Å². The SMILES string of the molecule is O=S1(=O)CCC(CC2CCS(=O)(=O)OS2(=O)=O)O1. The molecular weight excluding hydrogens is 308 g/mol. The molecule has 2 unspecified atom stereocenters. The minimum Gasteiger partial charge on any atom is -0.267 e. The van der Waals surface area contributed by atoms with Gasteiger partial charge in [-0.25, -0.2) is 0 Å². The summed E-state index contributed by atoms with van der Waals surface area (Å²) in [6.07, 6.45) is -0.692. The average Bonchev–Trinajstić information content (AvgIpc) is 2.49. The predicted molar refractivity (Wildman–Crippen MR) is 60.1 cm³/mol. The van der Waals surface area contributed by atoms with Crippen LogP contribution in [0.15, 0.2) is 0 Å². The van der Waals surface area contributed by atoms with Gasteiger partial charge < -0.3 is 0 Å². The lowest BCUT2D eigenvalue weighted by Gasteiger charge is -2.23. The third-order valence-electron chi connectivity index (χ3n) is 2.79. The third-order valence-corrected chi connectivity index (χ3v) is 7.66. The van der Waals surface area contributed by atoms with Gasteiger partial charge in [0.05, 0.1) is 22.9 Å². The fourth-order valence-corrected chi connectivity index (χ4v) is 6.61. The maximum Gasteiger partial charge on any atom is 0.284 e. The molecule has 2 aliphatic heterocycles. The second kappa shape index (κ2) is 4.40. The predicted octanol–water partition coefficient (Wildman–Crippen LogP) is -1.06. The summed E-state index contributed by atoms with van der Waals surface area (Å²) in [6, 6.07) is 0. The molecular formula is C7H12O8S3. The highest BCUT2D eigenvalue weighted by molar-refractivity contribution is 8.00. The van der Waals surface area contributed by atoms with Crippen LogP contribution in [0.2, 0.25) is 0 Å². The van der Waals surface area contributed by atoms with Crippen LogP contribution in [0, 0.1) is 0 Å². The molecule has 0 radical (unpaired) electrons. The van der Waals surface area contributed by atoms with E-state index in [1.54, 1.807) is 0 Å². The summed E-state index contributed by atoms with van der Waals surface area (Å²) in [5, 5.41) is -1.04. The lowest BCUT2D eigenvalue weighted by atomic mass is 10.1. The molecule has 2 heterocycles. The Kier molecular flexibility index (Phi) is 3.47. The molecule has 0 aromatic carbocycles. The third kappa shape index (κ3) is 3.20. The molecule has 2 fully saturated rings. The first-order chi connectivity index (χ1) is 8.10. The van der Waals surface area contributed by atoms with Crippen LogP contribution in [0.1, 0.15) is 19.3 Å². The topological polar surface area (TPSA) is 121 Å². The van der Waals surface area contributed by atoms with Gasteiger partial charge in [-0.05, 0) is 19.3 Å². The van der Waals surface area contributed by atoms with Gasteiger partial charge in [0.15, 0.2) is 0 Å². The molecule has 2 atom stereocenters. The van der Waals surface area contributed by atoms with Crippen molar-refractivity contribution in [2.75, 3.05) is 11.5 Å². The van der Waals surface area contributed by atoms with Crippen molar-refractivity contribution in [3.05, 3.63) is 0 Å². The normalized spacial score (nSPS) is 37.3. The Morgan fingerprint density at radius 1 is 0.889 bits per heavy atom. The van der Waals surface area contributed by atoms with E-state index in [1.807, 2.05) is 0 Å². The highest BCUT2D eigenvalue weighted by Gasteiger charge is 2.41. The zero-order valence-electron chi connectivity index (χ0n) is 9.18. The van der Waals surface area contributed by atoms with Crippen LogP contribution in [0.3, 0.4) is 0 Å². The molecule has 8 nitrogen and oxygen atoms in total. The maximum atomic E-state index is 11.5. The van der Waals surface area contributed by atoms with Crippen molar-refractivity contribution in [2.24, 2.45) is 0 Å².